The van der Waals surface area contributed by atoms with E-state index < -0.39 is 0 Å². The highest BCUT2D eigenvalue weighted by molar-refractivity contribution is 5.89. The number of nitrogens with one attached hydrogen (secondary N) is 1. The molecule has 0 bridgehead atoms. The molecule has 7 heteroatoms. The average Bonchev–Trinajstić information content (AvgIpc) is 2.65. The predicted octanol–water partition coefficient (Wildman–Crippen LogP) is 1.73. The predicted molar refractivity (Wildman–Crippen MR) is 96.1 cm³/mol. The van der Waals surface area contributed by atoms with Gasteiger partial charge in [0.15, 0.2) is 0 Å². The minimum Gasteiger partial charge on any atom is -0.462 e. The van der Waals surface area contributed by atoms with Gasteiger partial charge in [-0.1, -0.05) is 0 Å². The minimum absolute atomic E-state index is 0.0200. The van der Waals surface area contributed by atoms with Crippen molar-refractivity contribution in [3.05, 3.63) is 29.8 Å². The maximum Gasteiger partial charge on any atom is 0.338 e. The number of hydrogen-bond acceptors (Lipinski definition) is 5. The molecule has 0 unspecified atom stereocenters. The summed E-state index contributed by atoms with van der Waals surface area (Å²) in [4.78, 5) is 27.8. The van der Waals surface area contributed by atoms with Crippen LogP contribution in [0, 0.1) is 0 Å². The third kappa shape index (κ3) is 5.63. The van der Waals surface area contributed by atoms with Crippen LogP contribution in [0.3, 0.4) is 0 Å². The number of anilines is 1. The number of esters is 1. The largest absolute Gasteiger partial charge is 0.462 e. The van der Waals surface area contributed by atoms with Gasteiger partial charge >= 0.3 is 12.0 Å². The number of rotatable bonds is 7. The topological polar surface area (TPSA) is 71.1 Å². The first kappa shape index (κ1) is 19.1. The molecule has 2 amide bonds. The zero-order valence-corrected chi connectivity index (χ0v) is 15.0. The van der Waals surface area contributed by atoms with Crippen LogP contribution in [0.2, 0.25) is 0 Å². The lowest BCUT2D eigenvalue weighted by atomic mass is 10.2. The van der Waals surface area contributed by atoms with E-state index in [1.54, 1.807) is 26.2 Å². The highest BCUT2D eigenvalue weighted by Gasteiger charge is 2.21. The molecular weight excluding hydrogens is 322 g/mol. The summed E-state index contributed by atoms with van der Waals surface area (Å²) >= 11 is 0. The van der Waals surface area contributed by atoms with Gasteiger partial charge in [0.25, 0.3) is 0 Å². The standard InChI is InChI=1S/C18H27N3O4/c1-3-25-17(22)15-5-7-16(8-6-15)20-10-12-21(13-11-20)18(23)19-9-4-14-24-2/h5-8H,3-4,9-14H2,1-2H3,(H,19,23). The summed E-state index contributed by atoms with van der Waals surface area (Å²) in [6.45, 7) is 6.33. The third-order valence-corrected chi connectivity index (χ3v) is 4.11. The van der Waals surface area contributed by atoms with Gasteiger partial charge in [0.2, 0.25) is 0 Å². The van der Waals surface area contributed by atoms with E-state index in [1.807, 2.05) is 17.0 Å². The van der Waals surface area contributed by atoms with Crippen LogP contribution in [0.25, 0.3) is 0 Å². The molecule has 1 saturated heterocycles. The van der Waals surface area contributed by atoms with Crippen molar-refractivity contribution in [2.45, 2.75) is 13.3 Å². The maximum absolute atomic E-state index is 12.1. The van der Waals surface area contributed by atoms with Crippen LogP contribution < -0.4 is 10.2 Å². The van der Waals surface area contributed by atoms with Gasteiger partial charge < -0.3 is 24.6 Å². The molecule has 1 heterocycles. The van der Waals surface area contributed by atoms with E-state index in [0.717, 1.165) is 25.2 Å². The normalized spacial score (nSPS) is 14.3. The molecule has 0 atom stereocenters. The number of carbonyl (C=O) groups excluding carboxylic acids is 2. The van der Waals surface area contributed by atoms with Crippen molar-refractivity contribution in [1.82, 2.24) is 10.2 Å². The molecule has 0 radical (unpaired) electrons. The van der Waals surface area contributed by atoms with Gasteiger partial charge in [-0.05, 0) is 37.6 Å². The summed E-state index contributed by atoms with van der Waals surface area (Å²) in [6, 6.07) is 7.39. The fraction of sp³-hybridized carbons (Fsp3) is 0.556. The van der Waals surface area contributed by atoms with Crippen LogP contribution in [-0.2, 0) is 9.47 Å². The molecule has 0 spiro atoms. The number of piperazine rings is 1. The molecule has 25 heavy (non-hydrogen) atoms. The Kier molecular flexibility index (Phi) is 7.53. The summed E-state index contributed by atoms with van der Waals surface area (Å²) in [7, 11) is 1.65. The molecule has 1 fully saturated rings. The lowest BCUT2D eigenvalue weighted by molar-refractivity contribution is 0.0526. The fourth-order valence-corrected chi connectivity index (χ4v) is 2.71. The van der Waals surface area contributed by atoms with E-state index in [4.69, 9.17) is 9.47 Å². The van der Waals surface area contributed by atoms with Gasteiger partial charge in [-0.2, -0.15) is 0 Å². The lowest BCUT2D eigenvalue weighted by Crippen LogP contribution is -2.52. The van der Waals surface area contributed by atoms with Gasteiger partial charge in [-0.3, -0.25) is 0 Å². The maximum atomic E-state index is 12.1. The van der Waals surface area contributed by atoms with Crippen molar-refractivity contribution in [2.75, 3.05) is 57.9 Å². The fourth-order valence-electron chi connectivity index (χ4n) is 2.71. The zero-order valence-electron chi connectivity index (χ0n) is 15.0. The van der Waals surface area contributed by atoms with E-state index in [9.17, 15) is 9.59 Å². The number of benzene rings is 1. The van der Waals surface area contributed by atoms with E-state index in [0.29, 0.717) is 38.4 Å². The summed E-state index contributed by atoms with van der Waals surface area (Å²) in [5, 5.41) is 2.91. The van der Waals surface area contributed by atoms with Crippen LogP contribution >= 0.6 is 0 Å². The number of carbonyl (C=O) groups is 2. The van der Waals surface area contributed by atoms with Gasteiger partial charge in [-0.25, -0.2) is 9.59 Å². The minimum atomic E-state index is -0.302. The Morgan fingerprint density at radius 3 is 2.40 bits per heavy atom. The Hall–Kier alpha value is -2.28. The third-order valence-electron chi connectivity index (χ3n) is 4.11. The highest BCUT2D eigenvalue weighted by atomic mass is 16.5. The van der Waals surface area contributed by atoms with Gasteiger partial charge in [0.05, 0.1) is 12.2 Å². The number of hydrogen-bond donors (Lipinski definition) is 1. The van der Waals surface area contributed by atoms with Crippen LogP contribution in [0.15, 0.2) is 24.3 Å². The van der Waals surface area contributed by atoms with E-state index >= 15 is 0 Å². The zero-order chi connectivity index (χ0) is 18.1. The monoisotopic (exact) mass is 349 g/mol. The molecule has 2 rings (SSSR count). The molecule has 7 nitrogen and oxygen atoms in total. The number of amides is 2. The van der Waals surface area contributed by atoms with Crippen molar-refractivity contribution in [1.29, 1.82) is 0 Å². The first-order valence-electron chi connectivity index (χ1n) is 8.69. The van der Waals surface area contributed by atoms with Crippen molar-refractivity contribution < 1.29 is 19.1 Å². The summed E-state index contributed by atoms with van der Waals surface area (Å²) in [6.07, 6.45) is 0.815. The summed E-state index contributed by atoms with van der Waals surface area (Å²) in [5.41, 5.74) is 1.60. The number of ether oxygens (including phenoxy) is 2. The Bertz CT molecular complexity index is 554. The lowest BCUT2D eigenvalue weighted by Gasteiger charge is -2.36. The van der Waals surface area contributed by atoms with Crippen LogP contribution in [0.5, 0.6) is 0 Å². The number of methoxy groups -OCH3 is 1. The van der Waals surface area contributed by atoms with Crippen LogP contribution in [0.1, 0.15) is 23.7 Å². The smallest absolute Gasteiger partial charge is 0.338 e. The molecule has 1 aliphatic rings. The second-order valence-corrected chi connectivity index (χ2v) is 5.82. The molecule has 1 N–H and O–H groups in total. The SMILES string of the molecule is CCOC(=O)c1ccc(N2CCN(C(=O)NCCCOC)CC2)cc1. The molecule has 1 aromatic carbocycles. The Morgan fingerprint density at radius 1 is 1.12 bits per heavy atom. The first-order valence-corrected chi connectivity index (χ1v) is 8.69. The Labute approximate surface area is 148 Å². The molecule has 0 aromatic heterocycles. The van der Waals surface area contributed by atoms with Crippen LogP contribution in [-0.4, -0.2) is 69.9 Å². The van der Waals surface area contributed by atoms with E-state index in [1.165, 1.54) is 0 Å². The Morgan fingerprint density at radius 2 is 1.80 bits per heavy atom. The highest BCUT2D eigenvalue weighted by Crippen LogP contribution is 2.18. The van der Waals surface area contributed by atoms with Crippen molar-refractivity contribution in [3.8, 4) is 0 Å². The van der Waals surface area contributed by atoms with Crippen molar-refractivity contribution in [2.24, 2.45) is 0 Å². The molecule has 0 saturated carbocycles. The summed E-state index contributed by atoms with van der Waals surface area (Å²) < 4.78 is 9.96. The van der Waals surface area contributed by atoms with Gasteiger partial charge in [0, 0.05) is 52.1 Å². The molecule has 1 aliphatic heterocycles. The molecule has 1 aromatic rings. The number of urea groups is 1. The second kappa shape index (κ2) is 9.88. The summed E-state index contributed by atoms with van der Waals surface area (Å²) in [5.74, 6) is -0.302. The Balaban J connectivity index is 1.79. The molecule has 0 aliphatic carbocycles. The first-order chi connectivity index (χ1) is 12.2. The van der Waals surface area contributed by atoms with Crippen LogP contribution in [0.4, 0.5) is 10.5 Å². The van der Waals surface area contributed by atoms with Crippen molar-refractivity contribution >= 4 is 17.7 Å². The quantitative estimate of drug-likeness (QED) is 0.600. The van der Waals surface area contributed by atoms with E-state index in [-0.39, 0.29) is 12.0 Å². The second-order valence-electron chi connectivity index (χ2n) is 5.82. The van der Waals surface area contributed by atoms with Crippen molar-refractivity contribution in [3.63, 3.8) is 0 Å². The van der Waals surface area contributed by atoms with E-state index in [2.05, 4.69) is 10.2 Å². The molecule has 138 valence electrons. The average molecular weight is 349 g/mol. The number of nitrogens with zero attached hydrogens (tertiary/aromatic N) is 2. The molecular formula is C18H27N3O4. The van der Waals surface area contributed by atoms with Gasteiger partial charge in [0.1, 0.15) is 0 Å². The van der Waals surface area contributed by atoms with Gasteiger partial charge in [-0.15, -0.1) is 0 Å².